The van der Waals surface area contributed by atoms with Crippen molar-refractivity contribution in [2.45, 2.75) is 0 Å². The first-order valence-electron chi connectivity index (χ1n) is 5.46. The van der Waals surface area contributed by atoms with E-state index in [-0.39, 0.29) is 0 Å². The Hall–Kier alpha value is -1.74. The molecular weight excluding hydrogens is 323 g/mol. The summed E-state index contributed by atoms with van der Waals surface area (Å²) in [5, 5.41) is 0.714. The Morgan fingerprint density at radius 2 is 1.71 bits per heavy atom. The summed E-state index contributed by atoms with van der Waals surface area (Å²) >= 11 is 5.83. The summed E-state index contributed by atoms with van der Waals surface area (Å²) in [7, 11) is -4.94. The maximum atomic E-state index is 8.49. The lowest BCUT2D eigenvalue weighted by atomic mass is 10.2. The highest BCUT2D eigenvalue weighted by Gasteiger charge is 2.12. The number of hydrogen-bond acceptors (Lipinski definition) is 6. The quantitative estimate of drug-likeness (QED) is 0.474. The molecule has 0 fully saturated rings. The molecule has 0 amide bonds. The molecule has 0 bridgehead atoms. The van der Waals surface area contributed by atoms with Crippen molar-refractivity contribution in [1.82, 2.24) is 4.98 Å². The lowest BCUT2D eigenvalue weighted by molar-refractivity contribution is -2.00. The number of benzene rings is 1. The molecule has 21 heavy (non-hydrogen) atoms. The van der Waals surface area contributed by atoms with Gasteiger partial charge in [-0.2, -0.15) is 4.40 Å². The molecular formula is C12H8Cl2N2O5. The molecule has 0 aliphatic heterocycles. The van der Waals surface area contributed by atoms with Crippen molar-refractivity contribution in [3.05, 3.63) is 53.9 Å². The molecule has 0 N–H and O–H groups in total. The predicted molar refractivity (Wildman–Crippen MR) is 60.1 cm³/mol. The van der Waals surface area contributed by atoms with Gasteiger partial charge >= 0.3 is 5.84 Å². The summed E-state index contributed by atoms with van der Waals surface area (Å²) in [6, 6.07) is 9.36. The Balaban J connectivity index is 0.000000282. The van der Waals surface area contributed by atoms with Crippen molar-refractivity contribution in [2.75, 3.05) is 0 Å². The molecule has 0 aliphatic carbocycles. The van der Waals surface area contributed by atoms with E-state index < -0.39 is 10.2 Å². The Morgan fingerprint density at radius 3 is 2.29 bits per heavy atom. The van der Waals surface area contributed by atoms with Crippen LogP contribution in [-0.4, -0.2) is 4.98 Å². The van der Waals surface area contributed by atoms with Crippen LogP contribution >= 0.6 is 11.6 Å². The molecule has 1 aromatic carbocycles. The molecule has 3 aromatic rings. The monoisotopic (exact) mass is 330 g/mol. The first-order chi connectivity index (χ1) is 9.83. The van der Waals surface area contributed by atoms with Gasteiger partial charge in [0, 0.05) is 16.7 Å². The first-order valence-corrected chi connectivity index (χ1v) is 7.08. The van der Waals surface area contributed by atoms with Crippen LogP contribution in [-0.2, 0) is 0 Å². The van der Waals surface area contributed by atoms with Gasteiger partial charge in [0.05, 0.1) is 0 Å². The minimum Gasteiger partial charge on any atom is -0.384 e. The highest BCUT2D eigenvalue weighted by Crippen LogP contribution is 2.21. The lowest BCUT2D eigenvalue weighted by Gasteiger charge is -2.17. The normalized spacial score (nSPS) is 11.1. The number of halogens is 2. The van der Waals surface area contributed by atoms with Crippen molar-refractivity contribution in [3.8, 4) is 11.3 Å². The second-order valence-corrected chi connectivity index (χ2v) is 4.98. The van der Waals surface area contributed by atoms with Gasteiger partial charge in [0.1, 0.15) is 18.6 Å². The van der Waals surface area contributed by atoms with Crippen LogP contribution in [0.2, 0.25) is 5.02 Å². The Kier molecular flexibility index (Phi) is 4.73. The minimum atomic E-state index is -4.94. The molecule has 0 aliphatic rings. The molecule has 9 heteroatoms. The topological polar surface area (TPSA) is 122 Å². The van der Waals surface area contributed by atoms with Crippen LogP contribution in [0.15, 0.2) is 53.3 Å². The summed E-state index contributed by atoms with van der Waals surface area (Å²) in [6.45, 7) is 0. The highest BCUT2D eigenvalue weighted by molar-refractivity contribution is 6.30. The zero-order chi connectivity index (χ0) is 15.5. The molecule has 0 saturated carbocycles. The maximum absolute atomic E-state index is 8.49. The SMILES string of the molecule is Clc1ccc(-c2c[n+]3cccnc3o2)cc1.[O-][Cl+3]([O-])([O-])[O-]. The summed E-state index contributed by atoms with van der Waals surface area (Å²) < 4.78 is 41.4. The van der Waals surface area contributed by atoms with E-state index in [0.717, 1.165) is 11.3 Å². The molecule has 0 unspecified atom stereocenters. The predicted octanol–water partition coefficient (Wildman–Crippen LogP) is -2.02. The van der Waals surface area contributed by atoms with E-state index in [9.17, 15) is 0 Å². The Morgan fingerprint density at radius 1 is 1.10 bits per heavy atom. The van der Waals surface area contributed by atoms with Crippen LogP contribution in [0.4, 0.5) is 0 Å². The van der Waals surface area contributed by atoms with Crippen molar-refractivity contribution >= 4 is 17.4 Å². The van der Waals surface area contributed by atoms with Crippen molar-refractivity contribution in [3.63, 3.8) is 0 Å². The number of nitrogens with zero attached hydrogens (tertiary/aromatic N) is 2. The van der Waals surface area contributed by atoms with Gasteiger partial charge in [-0.25, -0.2) is 18.6 Å². The molecule has 110 valence electrons. The van der Waals surface area contributed by atoms with Gasteiger partial charge in [0.2, 0.25) is 0 Å². The van der Waals surface area contributed by atoms with E-state index in [1.807, 2.05) is 47.1 Å². The fraction of sp³-hybridized carbons (Fsp3) is 0. The van der Waals surface area contributed by atoms with Crippen LogP contribution in [0.3, 0.4) is 0 Å². The minimum absolute atomic E-state index is 0.576. The van der Waals surface area contributed by atoms with E-state index in [4.69, 9.17) is 34.7 Å². The summed E-state index contributed by atoms with van der Waals surface area (Å²) in [5.74, 6) is 1.35. The van der Waals surface area contributed by atoms with E-state index in [2.05, 4.69) is 4.98 Å². The first kappa shape index (κ1) is 15.6. The molecule has 2 heterocycles. The van der Waals surface area contributed by atoms with Gasteiger partial charge in [0.15, 0.2) is 5.76 Å². The molecule has 0 spiro atoms. The number of aromatic nitrogens is 2. The number of oxazole rings is 1. The standard InChI is InChI=1S/C12H8ClN2O.ClHO4/c13-10-4-2-9(3-5-10)11-8-15-7-1-6-14-12(15)16-11;2-1(3,4)5/h1-8H;(H,2,3,4,5)/q+1;/p-1. The fourth-order valence-electron chi connectivity index (χ4n) is 1.54. The number of rotatable bonds is 1. The molecule has 0 radical (unpaired) electrons. The Bertz CT molecular complexity index is 685. The number of hydrogen-bond donors (Lipinski definition) is 0. The molecule has 2 aromatic heterocycles. The van der Waals surface area contributed by atoms with Crippen molar-refractivity contribution in [2.24, 2.45) is 0 Å². The van der Waals surface area contributed by atoms with E-state index in [0.29, 0.717) is 10.9 Å². The average Bonchev–Trinajstić information content (AvgIpc) is 2.81. The fourth-order valence-corrected chi connectivity index (χ4v) is 1.67. The van der Waals surface area contributed by atoms with E-state index in [1.54, 1.807) is 6.20 Å². The van der Waals surface area contributed by atoms with Crippen LogP contribution < -0.4 is 23.0 Å². The second kappa shape index (κ2) is 6.35. The van der Waals surface area contributed by atoms with Gasteiger partial charge in [-0.05, 0) is 29.2 Å². The average molecular weight is 331 g/mol. The molecule has 0 atom stereocenters. The largest absolute Gasteiger partial charge is 0.508 e. The highest BCUT2D eigenvalue weighted by atomic mass is 35.7. The summed E-state index contributed by atoms with van der Waals surface area (Å²) in [6.07, 6.45) is 5.49. The third-order valence-electron chi connectivity index (χ3n) is 2.32. The summed E-state index contributed by atoms with van der Waals surface area (Å²) in [5.41, 5.74) is 0.981. The number of fused-ring (bicyclic) bond motifs is 1. The second-order valence-electron chi connectivity index (χ2n) is 3.79. The Labute approximate surface area is 126 Å². The van der Waals surface area contributed by atoms with Crippen LogP contribution in [0.1, 0.15) is 0 Å². The maximum Gasteiger partial charge on any atom is 0.508 e. The van der Waals surface area contributed by atoms with Crippen LogP contribution in [0.5, 0.6) is 0 Å². The molecule has 0 saturated heterocycles. The zero-order valence-corrected chi connectivity index (χ0v) is 11.8. The van der Waals surface area contributed by atoms with Crippen LogP contribution in [0.25, 0.3) is 17.2 Å². The van der Waals surface area contributed by atoms with Gasteiger partial charge in [-0.15, -0.1) is 10.2 Å². The van der Waals surface area contributed by atoms with Crippen LogP contribution in [0, 0.1) is 10.2 Å². The third-order valence-corrected chi connectivity index (χ3v) is 2.58. The molecule has 3 rings (SSSR count). The van der Waals surface area contributed by atoms with Gasteiger partial charge in [0.25, 0.3) is 0 Å². The van der Waals surface area contributed by atoms with E-state index >= 15 is 0 Å². The van der Waals surface area contributed by atoms with Gasteiger partial charge in [-0.3, -0.25) is 0 Å². The zero-order valence-electron chi connectivity index (χ0n) is 10.3. The van der Waals surface area contributed by atoms with Crippen molar-refractivity contribution < 1.29 is 37.7 Å². The summed E-state index contributed by atoms with van der Waals surface area (Å²) in [4.78, 5) is 4.12. The van der Waals surface area contributed by atoms with Gasteiger partial charge in [-0.1, -0.05) is 11.6 Å². The van der Waals surface area contributed by atoms with Gasteiger partial charge < -0.3 is 4.42 Å². The smallest absolute Gasteiger partial charge is 0.384 e. The lowest BCUT2D eigenvalue weighted by Crippen LogP contribution is -2.68. The van der Waals surface area contributed by atoms with Crippen molar-refractivity contribution in [1.29, 1.82) is 0 Å². The van der Waals surface area contributed by atoms with E-state index in [1.165, 1.54) is 0 Å². The third kappa shape index (κ3) is 4.94. The molecule has 7 nitrogen and oxygen atoms in total.